The highest BCUT2D eigenvalue weighted by atomic mass is 35.5. The summed E-state index contributed by atoms with van der Waals surface area (Å²) in [7, 11) is -3.16. The lowest BCUT2D eigenvalue weighted by atomic mass is 9.92. The summed E-state index contributed by atoms with van der Waals surface area (Å²) in [4.78, 5) is -0.396. The fourth-order valence-corrected chi connectivity index (χ4v) is 5.74. The number of sulfone groups is 1. The predicted octanol–water partition coefficient (Wildman–Crippen LogP) is 6.61. The second-order valence-corrected chi connectivity index (χ2v) is 11.5. The highest BCUT2D eigenvalue weighted by Crippen LogP contribution is 2.63. The van der Waals surface area contributed by atoms with Gasteiger partial charge >= 0.3 is 5.76 Å². The number of methoxy groups -OCH3 is 1. The van der Waals surface area contributed by atoms with Crippen LogP contribution >= 0.6 is 34.8 Å². The van der Waals surface area contributed by atoms with E-state index in [0.717, 1.165) is 48.0 Å². The van der Waals surface area contributed by atoms with Crippen LogP contribution in [0.15, 0.2) is 56.4 Å². The third-order valence-corrected chi connectivity index (χ3v) is 8.88. The zero-order chi connectivity index (χ0) is 21.9. The zero-order valence-corrected chi connectivity index (χ0v) is 19.1. The fourth-order valence-electron chi connectivity index (χ4n) is 4.15. The maximum atomic E-state index is 12.8. The molecule has 30 heavy (non-hydrogen) atoms. The van der Waals surface area contributed by atoms with E-state index in [-0.39, 0.29) is 11.8 Å². The summed E-state index contributed by atoms with van der Waals surface area (Å²) in [6, 6.07) is 5.62. The molecule has 0 amide bonds. The van der Waals surface area contributed by atoms with Crippen LogP contribution in [0.5, 0.6) is 0 Å². The van der Waals surface area contributed by atoms with E-state index in [0.29, 0.717) is 10.1 Å². The van der Waals surface area contributed by atoms with E-state index in [2.05, 4.69) is 0 Å². The number of halogens is 5. The molecule has 1 saturated carbocycles. The number of hydrogen-bond donors (Lipinski definition) is 0. The topological polar surface area (TPSA) is 43.4 Å². The van der Waals surface area contributed by atoms with Crippen molar-refractivity contribution in [2.45, 2.75) is 47.8 Å². The molecule has 3 aliphatic rings. The Bertz CT molecular complexity index is 1090. The average molecular weight is 496 g/mol. The van der Waals surface area contributed by atoms with Crippen molar-refractivity contribution in [2.75, 3.05) is 7.11 Å². The first-order chi connectivity index (χ1) is 14.0. The molecule has 4 rings (SSSR count). The van der Waals surface area contributed by atoms with Crippen LogP contribution in [0, 0.1) is 5.41 Å². The van der Waals surface area contributed by atoms with Crippen LogP contribution in [0.25, 0.3) is 5.57 Å². The van der Waals surface area contributed by atoms with Crippen LogP contribution in [-0.2, 0) is 14.6 Å². The van der Waals surface area contributed by atoms with E-state index >= 15 is 0 Å². The van der Waals surface area contributed by atoms with Crippen molar-refractivity contribution in [3.63, 3.8) is 0 Å². The zero-order valence-electron chi connectivity index (χ0n) is 16.0. The molecule has 1 atom stereocenters. The molecule has 0 bridgehead atoms. The maximum absolute atomic E-state index is 12.8. The molecule has 0 radical (unpaired) electrons. The minimum absolute atomic E-state index is 0.180. The SMILES string of the molecule is COC1(Cl)CC(Cl)=C(C2=C(c3ccc(S(=O)(=O)C(F)F)cc3)CC3(CC3)C2)C=C1Cl. The van der Waals surface area contributed by atoms with E-state index < -0.39 is 25.6 Å². The van der Waals surface area contributed by atoms with Gasteiger partial charge in [0, 0.05) is 18.6 Å². The van der Waals surface area contributed by atoms with E-state index in [1.807, 2.05) is 0 Å². The van der Waals surface area contributed by atoms with Crippen LogP contribution in [-0.4, -0.2) is 26.3 Å². The molecule has 1 unspecified atom stereocenters. The van der Waals surface area contributed by atoms with Gasteiger partial charge in [0.1, 0.15) is 0 Å². The van der Waals surface area contributed by atoms with Gasteiger partial charge in [0.2, 0.25) is 9.84 Å². The van der Waals surface area contributed by atoms with E-state index in [4.69, 9.17) is 39.5 Å². The van der Waals surface area contributed by atoms with Gasteiger partial charge in [-0.15, -0.1) is 0 Å². The number of ether oxygens (including phenoxy) is 1. The molecule has 0 aliphatic heterocycles. The molecule has 0 heterocycles. The van der Waals surface area contributed by atoms with Gasteiger partial charge in [-0.25, -0.2) is 8.42 Å². The molecule has 1 aromatic rings. The van der Waals surface area contributed by atoms with E-state index in [9.17, 15) is 17.2 Å². The molecule has 3 nitrogen and oxygen atoms in total. The highest BCUT2D eigenvalue weighted by molar-refractivity contribution is 7.91. The van der Waals surface area contributed by atoms with E-state index in [1.54, 1.807) is 18.2 Å². The summed E-state index contributed by atoms with van der Waals surface area (Å²) in [5.41, 5.74) is 3.84. The molecule has 1 fully saturated rings. The predicted molar refractivity (Wildman–Crippen MR) is 114 cm³/mol. The summed E-state index contributed by atoms with van der Waals surface area (Å²) in [6.07, 6.45) is 5.80. The highest BCUT2D eigenvalue weighted by Gasteiger charge is 2.49. The Balaban J connectivity index is 1.76. The van der Waals surface area contributed by atoms with Gasteiger partial charge in [0.25, 0.3) is 0 Å². The summed E-state index contributed by atoms with van der Waals surface area (Å²) in [5.74, 6) is -3.45. The van der Waals surface area contributed by atoms with Crippen LogP contribution in [0.2, 0.25) is 0 Å². The van der Waals surface area contributed by atoms with Crippen molar-refractivity contribution in [1.82, 2.24) is 0 Å². The monoisotopic (exact) mass is 494 g/mol. The van der Waals surface area contributed by atoms with Gasteiger partial charge in [-0.3, -0.25) is 0 Å². The second-order valence-electron chi connectivity index (χ2n) is 8.06. The van der Waals surface area contributed by atoms with Gasteiger partial charge in [-0.2, -0.15) is 8.78 Å². The Hall–Kier alpha value is -0.920. The van der Waals surface area contributed by atoms with Gasteiger partial charge in [-0.1, -0.05) is 46.9 Å². The number of rotatable bonds is 5. The minimum Gasteiger partial charge on any atom is -0.357 e. The second kappa shape index (κ2) is 7.59. The number of alkyl halides is 3. The van der Waals surface area contributed by atoms with Crippen molar-refractivity contribution >= 4 is 50.2 Å². The Morgan fingerprint density at radius 1 is 1.03 bits per heavy atom. The molecule has 1 aromatic carbocycles. The maximum Gasteiger partial charge on any atom is 0.341 e. The van der Waals surface area contributed by atoms with Gasteiger partial charge < -0.3 is 4.74 Å². The Morgan fingerprint density at radius 2 is 1.63 bits per heavy atom. The molecule has 9 heteroatoms. The molecule has 0 saturated heterocycles. The lowest BCUT2D eigenvalue weighted by molar-refractivity contribution is 0.101. The first kappa shape index (κ1) is 22.3. The summed E-state index contributed by atoms with van der Waals surface area (Å²) < 4.78 is 54.4. The molecule has 0 N–H and O–H groups in total. The molecule has 162 valence electrons. The van der Waals surface area contributed by atoms with Crippen LogP contribution in [0.3, 0.4) is 0 Å². The average Bonchev–Trinajstić information content (AvgIpc) is 3.35. The minimum atomic E-state index is -4.63. The van der Waals surface area contributed by atoms with Crippen molar-refractivity contribution in [3.8, 4) is 0 Å². The third-order valence-electron chi connectivity index (χ3n) is 6.14. The number of allylic oxidation sites excluding steroid dienone is 4. The van der Waals surface area contributed by atoms with Crippen molar-refractivity contribution in [1.29, 1.82) is 0 Å². The Morgan fingerprint density at radius 3 is 2.17 bits per heavy atom. The third kappa shape index (κ3) is 3.75. The first-order valence-corrected chi connectivity index (χ1v) is 12.0. The molecular formula is C21H19Cl3F2O3S. The van der Waals surface area contributed by atoms with Gasteiger partial charge in [0.05, 0.1) is 9.93 Å². The summed E-state index contributed by atoms with van der Waals surface area (Å²) in [6.45, 7) is 0. The van der Waals surface area contributed by atoms with Crippen molar-refractivity contribution in [2.24, 2.45) is 5.41 Å². The quantitative estimate of drug-likeness (QED) is 0.432. The number of benzene rings is 1. The van der Waals surface area contributed by atoms with Crippen molar-refractivity contribution in [3.05, 3.63) is 57.1 Å². The largest absolute Gasteiger partial charge is 0.357 e. The first-order valence-electron chi connectivity index (χ1n) is 9.37. The van der Waals surface area contributed by atoms with Crippen LogP contribution in [0.4, 0.5) is 8.78 Å². The molecule has 0 aromatic heterocycles. The normalized spacial score (nSPS) is 26.0. The smallest absolute Gasteiger partial charge is 0.341 e. The Kier molecular flexibility index (Phi) is 5.64. The summed E-state index contributed by atoms with van der Waals surface area (Å²) in [5, 5.41) is -0.310. The molecule has 1 spiro atoms. The van der Waals surface area contributed by atoms with E-state index in [1.165, 1.54) is 19.2 Å². The standard InChI is InChI=1S/C21H19Cl3F2O3S/c1-29-21(24)11-17(22)14(8-18(21)23)16-10-20(6-7-20)9-15(16)12-2-4-13(5-3-12)30(27,28)19(25)26/h2-5,8,19H,6-7,9-11H2,1H3. The lowest BCUT2D eigenvalue weighted by Gasteiger charge is -2.30. The van der Waals surface area contributed by atoms with Gasteiger partial charge in [-0.05, 0) is 71.6 Å². The number of hydrogen-bond acceptors (Lipinski definition) is 3. The molecule has 3 aliphatic carbocycles. The van der Waals surface area contributed by atoms with Crippen LogP contribution < -0.4 is 0 Å². The lowest BCUT2D eigenvalue weighted by Crippen LogP contribution is -2.27. The molecular weight excluding hydrogens is 477 g/mol. The summed E-state index contributed by atoms with van der Waals surface area (Å²) >= 11 is 19.4. The van der Waals surface area contributed by atoms with Gasteiger partial charge in [0.15, 0.2) is 5.06 Å². The Labute approximate surface area is 189 Å². The fraction of sp³-hybridized carbons (Fsp3) is 0.429. The van der Waals surface area contributed by atoms with Crippen LogP contribution in [0.1, 0.15) is 37.7 Å². The van der Waals surface area contributed by atoms with Crippen molar-refractivity contribution < 1.29 is 21.9 Å².